The van der Waals surface area contributed by atoms with E-state index in [9.17, 15) is 4.79 Å². The summed E-state index contributed by atoms with van der Waals surface area (Å²) in [6.45, 7) is 0.327. The minimum Gasteiger partial charge on any atom is -0.478 e. The van der Waals surface area contributed by atoms with Gasteiger partial charge in [-0.2, -0.15) is 0 Å². The largest absolute Gasteiger partial charge is 0.478 e. The van der Waals surface area contributed by atoms with Crippen LogP contribution in [0.4, 0.5) is 11.5 Å². The Bertz CT molecular complexity index is 579. The second-order valence-electron chi connectivity index (χ2n) is 3.68. The molecular weight excluding hydrogens is 236 g/mol. The predicted molar refractivity (Wildman–Crippen MR) is 63.9 cm³/mol. The number of aryl methyl sites for hydroxylation is 1. The molecular formula is C10H12N6O2. The minimum absolute atomic E-state index is 0.0252. The van der Waals surface area contributed by atoms with Crippen molar-refractivity contribution >= 4 is 17.5 Å². The van der Waals surface area contributed by atoms with Gasteiger partial charge in [0.25, 0.3) is 0 Å². The molecule has 0 unspecified atom stereocenters. The number of nitrogen functional groups attached to an aromatic ring is 1. The fourth-order valence-corrected chi connectivity index (χ4v) is 1.41. The van der Waals surface area contributed by atoms with E-state index in [2.05, 4.69) is 20.5 Å². The van der Waals surface area contributed by atoms with Crippen LogP contribution in [0.1, 0.15) is 16.2 Å². The van der Waals surface area contributed by atoms with E-state index in [4.69, 9.17) is 10.8 Å². The lowest BCUT2D eigenvalue weighted by molar-refractivity contribution is 0.0697. The molecule has 0 bridgehead atoms. The van der Waals surface area contributed by atoms with Crippen LogP contribution >= 0.6 is 0 Å². The average molecular weight is 248 g/mol. The third-order valence-corrected chi connectivity index (χ3v) is 2.36. The number of nitrogens with zero attached hydrogens (tertiary/aromatic N) is 4. The second kappa shape index (κ2) is 4.70. The first-order valence-electron chi connectivity index (χ1n) is 5.13. The summed E-state index contributed by atoms with van der Waals surface area (Å²) in [6, 6.07) is 1.36. The van der Waals surface area contributed by atoms with Crippen molar-refractivity contribution in [1.82, 2.24) is 19.7 Å². The van der Waals surface area contributed by atoms with Gasteiger partial charge in [-0.1, -0.05) is 0 Å². The maximum atomic E-state index is 11.0. The van der Waals surface area contributed by atoms with Crippen LogP contribution < -0.4 is 11.1 Å². The number of carboxylic acids is 1. The lowest BCUT2D eigenvalue weighted by Gasteiger charge is -2.08. The molecule has 94 valence electrons. The smallest absolute Gasteiger partial charge is 0.339 e. The third kappa shape index (κ3) is 2.37. The number of pyridine rings is 1. The van der Waals surface area contributed by atoms with Gasteiger partial charge >= 0.3 is 5.97 Å². The Balaban J connectivity index is 2.19. The Morgan fingerprint density at radius 1 is 1.61 bits per heavy atom. The molecule has 0 atom stereocenters. The Morgan fingerprint density at radius 3 is 3.00 bits per heavy atom. The van der Waals surface area contributed by atoms with Crippen molar-refractivity contribution < 1.29 is 9.90 Å². The molecule has 8 nitrogen and oxygen atoms in total. The molecule has 0 saturated carbocycles. The highest BCUT2D eigenvalue weighted by molar-refractivity contribution is 5.94. The second-order valence-corrected chi connectivity index (χ2v) is 3.68. The van der Waals surface area contributed by atoms with Crippen LogP contribution in [0.15, 0.2) is 18.6 Å². The highest BCUT2D eigenvalue weighted by atomic mass is 16.4. The molecule has 0 saturated heterocycles. The van der Waals surface area contributed by atoms with Gasteiger partial charge in [0.05, 0.1) is 18.4 Å². The number of hydrogen-bond donors (Lipinski definition) is 3. The van der Waals surface area contributed by atoms with Crippen LogP contribution in [0.3, 0.4) is 0 Å². The average Bonchev–Trinajstić information content (AvgIpc) is 2.73. The summed E-state index contributed by atoms with van der Waals surface area (Å²) >= 11 is 0. The molecule has 0 aliphatic carbocycles. The normalized spacial score (nSPS) is 10.3. The predicted octanol–water partition coefficient (Wildman–Crippen LogP) is 0.103. The molecule has 8 heteroatoms. The Labute approximate surface area is 102 Å². The lowest BCUT2D eigenvalue weighted by atomic mass is 10.2. The van der Waals surface area contributed by atoms with E-state index >= 15 is 0 Å². The van der Waals surface area contributed by atoms with Gasteiger partial charge in [-0.05, 0) is 6.07 Å². The molecule has 2 aromatic heterocycles. The summed E-state index contributed by atoms with van der Waals surface area (Å²) in [7, 11) is 1.80. The summed E-state index contributed by atoms with van der Waals surface area (Å²) in [5, 5.41) is 19.5. The zero-order valence-electron chi connectivity index (χ0n) is 9.66. The number of carbonyl (C=O) groups is 1. The molecule has 2 heterocycles. The summed E-state index contributed by atoms with van der Waals surface area (Å²) in [5.74, 6) is -0.167. The van der Waals surface area contributed by atoms with E-state index in [-0.39, 0.29) is 11.4 Å². The number of aromatic nitrogens is 4. The fraction of sp³-hybridized carbons (Fsp3) is 0.200. The van der Waals surface area contributed by atoms with Crippen LogP contribution in [0.25, 0.3) is 0 Å². The SMILES string of the molecule is Cn1cnnc1CNc1ncc(N)cc1C(=O)O. The van der Waals surface area contributed by atoms with Crippen molar-refractivity contribution in [2.45, 2.75) is 6.54 Å². The summed E-state index contributed by atoms with van der Waals surface area (Å²) in [4.78, 5) is 15.0. The van der Waals surface area contributed by atoms with Gasteiger partial charge in [-0.15, -0.1) is 10.2 Å². The Hall–Kier alpha value is -2.64. The summed E-state index contributed by atoms with van der Waals surface area (Å²) in [6.07, 6.45) is 2.96. The van der Waals surface area contributed by atoms with Gasteiger partial charge in [0.1, 0.15) is 17.7 Å². The molecule has 0 aliphatic rings. The van der Waals surface area contributed by atoms with Crippen LogP contribution in [0.2, 0.25) is 0 Å². The van der Waals surface area contributed by atoms with Crippen molar-refractivity contribution in [1.29, 1.82) is 0 Å². The van der Waals surface area contributed by atoms with Crippen molar-refractivity contribution in [2.75, 3.05) is 11.1 Å². The maximum Gasteiger partial charge on any atom is 0.339 e. The first-order chi connectivity index (χ1) is 8.58. The van der Waals surface area contributed by atoms with Crippen molar-refractivity contribution in [3.63, 3.8) is 0 Å². The van der Waals surface area contributed by atoms with E-state index in [0.717, 1.165) is 0 Å². The topological polar surface area (TPSA) is 119 Å². The van der Waals surface area contributed by atoms with E-state index in [0.29, 0.717) is 18.1 Å². The fourth-order valence-electron chi connectivity index (χ4n) is 1.41. The van der Waals surface area contributed by atoms with Crippen molar-refractivity contribution in [3.8, 4) is 0 Å². The number of nitrogens with one attached hydrogen (secondary N) is 1. The number of anilines is 2. The molecule has 2 aromatic rings. The standard InChI is InChI=1S/C10H12N6O2/c1-16-5-14-15-8(16)4-13-9-7(10(17)18)2-6(11)3-12-9/h2-3,5H,4,11H2,1H3,(H,12,13)(H,17,18). The third-order valence-electron chi connectivity index (χ3n) is 2.36. The first kappa shape index (κ1) is 11.8. The van der Waals surface area contributed by atoms with E-state index < -0.39 is 5.97 Å². The van der Waals surface area contributed by atoms with Crippen LogP contribution in [0.5, 0.6) is 0 Å². The van der Waals surface area contributed by atoms with Crippen molar-refractivity contribution in [3.05, 3.63) is 30.0 Å². The van der Waals surface area contributed by atoms with Gasteiger partial charge in [-0.3, -0.25) is 0 Å². The van der Waals surface area contributed by atoms with E-state index in [1.807, 2.05) is 0 Å². The number of hydrogen-bond acceptors (Lipinski definition) is 6. The highest BCUT2D eigenvalue weighted by Gasteiger charge is 2.12. The summed E-state index contributed by atoms with van der Waals surface area (Å²) in [5.41, 5.74) is 5.83. The zero-order valence-corrected chi connectivity index (χ0v) is 9.66. The zero-order chi connectivity index (χ0) is 13.1. The van der Waals surface area contributed by atoms with E-state index in [1.165, 1.54) is 12.3 Å². The van der Waals surface area contributed by atoms with Crippen LogP contribution in [0, 0.1) is 0 Å². The molecule has 0 radical (unpaired) electrons. The molecule has 0 fully saturated rings. The minimum atomic E-state index is -1.09. The maximum absolute atomic E-state index is 11.0. The van der Waals surface area contributed by atoms with Gasteiger partial charge in [-0.25, -0.2) is 9.78 Å². The summed E-state index contributed by atoms with van der Waals surface area (Å²) < 4.78 is 1.73. The Kier molecular flexibility index (Phi) is 3.09. The molecule has 4 N–H and O–H groups in total. The molecule has 2 rings (SSSR count). The number of nitrogens with two attached hydrogens (primary N) is 1. The van der Waals surface area contributed by atoms with Crippen LogP contribution in [-0.4, -0.2) is 30.8 Å². The van der Waals surface area contributed by atoms with Crippen molar-refractivity contribution in [2.24, 2.45) is 7.05 Å². The quantitative estimate of drug-likeness (QED) is 0.702. The van der Waals surface area contributed by atoms with Crippen LogP contribution in [-0.2, 0) is 13.6 Å². The van der Waals surface area contributed by atoms with Gasteiger partial charge < -0.3 is 20.7 Å². The van der Waals surface area contributed by atoms with Gasteiger partial charge in [0.15, 0.2) is 5.82 Å². The highest BCUT2D eigenvalue weighted by Crippen LogP contribution is 2.16. The van der Waals surface area contributed by atoms with Gasteiger partial charge in [0.2, 0.25) is 0 Å². The molecule has 0 aromatic carbocycles. The lowest BCUT2D eigenvalue weighted by Crippen LogP contribution is -2.11. The first-order valence-corrected chi connectivity index (χ1v) is 5.13. The molecule has 18 heavy (non-hydrogen) atoms. The number of carboxylic acid groups (broad SMARTS) is 1. The Morgan fingerprint density at radius 2 is 2.39 bits per heavy atom. The monoisotopic (exact) mass is 248 g/mol. The molecule has 0 aliphatic heterocycles. The number of rotatable bonds is 4. The molecule has 0 amide bonds. The van der Waals surface area contributed by atoms with Gasteiger partial charge in [0, 0.05) is 7.05 Å². The number of aromatic carboxylic acids is 1. The van der Waals surface area contributed by atoms with E-state index in [1.54, 1.807) is 17.9 Å². The molecule has 0 spiro atoms.